The van der Waals surface area contributed by atoms with Gasteiger partial charge in [-0.3, -0.25) is 4.79 Å². The van der Waals surface area contributed by atoms with Crippen LogP contribution in [0.25, 0.3) is 0 Å². The zero-order valence-corrected chi connectivity index (χ0v) is 15.9. The molecule has 4 nitrogen and oxygen atoms in total. The molecule has 2 aromatic rings. The van der Waals surface area contributed by atoms with Crippen LogP contribution >= 0.6 is 0 Å². The molecule has 1 aliphatic rings. The van der Waals surface area contributed by atoms with Gasteiger partial charge in [0, 0.05) is 25.3 Å². The van der Waals surface area contributed by atoms with Crippen molar-refractivity contribution in [1.82, 2.24) is 9.47 Å². The molecule has 134 valence electrons. The van der Waals surface area contributed by atoms with E-state index >= 15 is 0 Å². The molecule has 2 atom stereocenters. The van der Waals surface area contributed by atoms with E-state index in [9.17, 15) is 4.79 Å². The molecule has 1 aromatic carbocycles. The van der Waals surface area contributed by atoms with Gasteiger partial charge in [-0.2, -0.15) is 0 Å². The van der Waals surface area contributed by atoms with Gasteiger partial charge in [-0.15, -0.1) is 0 Å². The minimum atomic E-state index is 0.0780. The average molecular weight is 340 g/mol. The van der Waals surface area contributed by atoms with Crippen molar-refractivity contribution in [3.63, 3.8) is 0 Å². The van der Waals surface area contributed by atoms with Gasteiger partial charge < -0.3 is 14.2 Å². The summed E-state index contributed by atoms with van der Waals surface area (Å²) in [4.78, 5) is 15.2. The number of amides is 1. The topological polar surface area (TPSA) is 34.5 Å². The number of aryl methyl sites for hydroxylation is 3. The van der Waals surface area contributed by atoms with E-state index in [-0.39, 0.29) is 18.1 Å². The summed E-state index contributed by atoms with van der Waals surface area (Å²) in [6.07, 6.45) is 0.156. The monoisotopic (exact) mass is 340 g/mol. The van der Waals surface area contributed by atoms with Crippen LogP contribution in [0.15, 0.2) is 30.3 Å². The van der Waals surface area contributed by atoms with Crippen molar-refractivity contribution in [1.29, 1.82) is 0 Å². The number of hydrogen-bond acceptors (Lipinski definition) is 2. The maximum Gasteiger partial charge on any atom is 0.270 e. The van der Waals surface area contributed by atoms with Gasteiger partial charge in [-0.05, 0) is 51.8 Å². The maximum atomic E-state index is 13.3. The Morgan fingerprint density at radius 1 is 1.12 bits per heavy atom. The Bertz CT molecular complexity index is 768. The van der Waals surface area contributed by atoms with Crippen molar-refractivity contribution in [2.45, 2.75) is 53.4 Å². The van der Waals surface area contributed by atoms with Crippen molar-refractivity contribution in [2.75, 3.05) is 13.1 Å². The van der Waals surface area contributed by atoms with E-state index in [0.29, 0.717) is 13.1 Å². The Morgan fingerprint density at radius 3 is 2.44 bits per heavy atom. The molecule has 3 rings (SSSR count). The second-order valence-corrected chi connectivity index (χ2v) is 7.36. The van der Waals surface area contributed by atoms with Gasteiger partial charge in [-0.25, -0.2) is 0 Å². The molecule has 0 unspecified atom stereocenters. The Labute approximate surface area is 150 Å². The number of nitrogens with zero attached hydrogens (tertiary/aromatic N) is 2. The van der Waals surface area contributed by atoms with E-state index in [1.54, 1.807) is 0 Å². The van der Waals surface area contributed by atoms with Gasteiger partial charge in [0.15, 0.2) is 0 Å². The molecule has 1 fully saturated rings. The standard InChI is InChI=1S/C21H28N2O2/c1-14-7-6-8-19(9-14)13-23-16(3)10-15(2)20(23)21(24)22-11-17(4)25-18(5)12-22/h6-10,17-18H,11-13H2,1-5H3/t17-,18+. The fourth-order valence-electron chi connectivity index (χ4n) is 3.82. The Morgan fingerprint density at radius 2 is 1.80 bits per heavy atom. The fraction of sp³-hybridized carbons (Fsp3) is 0.476. The molecule has 1 amide bonds. The van der Waals surface area contributed by atoms with Crippen LogP contribution in [0.2, 0.25) is 0 Å². The number of morpholine rings is 1. The Hall–Kier alpha value is -2.07. The lowest BCUT2D eigenvalue weighted by Crippen LogP contribution is -2.48. The van der Waals surface area contributed by atoms with Crippen LogP contribution in [0.4, 0.5) is 0 Å². The number of carbonyl (C=O) groups excluding carboxylic acids is 1. The normalized spacial score (nSPS) is 20.8. The maximum absolute atomic E-state index is 13.3. The number of benzene rings is 1. The third-order valence-electron chi connectivity index (χ3n) is 4.83. The van der Waals surface area contributed by atoms with Gasteiger partial charge in [0.25, 0.3) is 5.91 Å². The number of hydrogen-bond donors (Lipinski definition) is 0. The lowest BCUT2D eigenvalue weighted by molar-refractivity contribution is -0.0588. The van der Waals surface area contributed by atoms with Crippen molar-refractivity contribution < 1.29 is 9.53 Å². The minimum Gasteiger partial charge on any atom is -0.372 e. The molecule has 0 N–H and O–H groups in total. The molecule has 1 aromatic heterocycles. The minimum absolute atomic E-state index is 0.0780. The first-order valence-electron chi connectivity index (χ1n) is 9.02. The van der Waals surface area contributed by atoms with Crippen LogP contribution in [0, 0.1) is 20.8 Å². The highest BCUT2D eigenvalue weighted by molar-refractivity contribution is 5.94. The second-order valence-electron chi connectivity index (χ2n) is 7.36. The van der Waals surface area contributed by atoms with E-state index in [1.165, 1.54) is 11.1 Å². The third-order valence-corrected chi connectivity index (χ3v) is 4.83. The van der Waals surface area contributed by atoms with E-state index in [1.807, 2.05) is 25.7 Å². The molecule has 0 aliphatic carbocycles. The SMILES string of the molecule is Cc1cccc(Cn2c(C)cc(C)c2C(=O)N2C[C@@H](C)O[C@@H](C)C2)c1. The summed E-state index contributed by atoms with van der Waals surface area (Å²) < 4.78 is 7.93. The summed E-state index contributed by atoms with van der Waals surface area (Å²) in [6, 6.07) is 10.6. The smallest absolute Gasteiger partial charge is 0.270 e. The third kappa shape index (κ3) is 3.79. The van der Waals surface area contributed by atoms with Gasteiger partial charge in [0.2, 0.25) is 0 Å². The summed E-state index contributed by atoms with van der Waals surface area (Å²) >= 11 is 0. The predicted octanol–water partition coefficient (Wildman–Crippen LogP) is 3.71. The summed E-state index contributed by atoms with van der Waals surface area (Å²) in [5, 5.41) is 0. The molecular formula is C21H28N2O2. The summed E-state index contributed by atoms with van der Waals surface area (Å²) in [5.74, 6) is 0.111. The zero-order valence-electron chi connectivity index (χ0n) is 15.9. The summed E-state index contributed by atoms with van der Waals surface area (Å²) in [5.41, 5.74) is 5.43. The molecule has 2 heterocycles. The van der Waals surface area contributed by atoms with Crippen molar-refractivity contribution in [3.8, 4) is 0 Å². The number of rotatable bonds is 3. The van der Waals surface area contributed by atoms with Crippen LogP contribution in [0.5, 0.6) is 0 Å². The highest BCUT2D eigenvalue weighted by Gasteiger charge is 2.29. The first-order chi connectivity index (χ1) is 11.8. The molecule has 1 aliphatic heterocycles. The molecule has 4 heteroatoms. The fourth-order valence-corrected chi connectivity index (χ4v) is 3.82. The number of ether oxygens (including phenoxy) is 1. The van der Waals surface area contributed by atoms with Gasteiger partial charge in [0.05, 0.1) is 12.2 Å². The summed E-state index contributed by atoms with van der Waals surface area (Å²) in [6.45, 7) is 12.3. The number of aromatic nitrogens is 1. The molecule has 0 saturated carbocycles. The lowest BCUT2D eigenvalue weighted by Gasteiger charge is -2.35. The average Bonchev–Trinajstić information content (AvgIpc) is 2.79. The first kappa shape index (κ1) is 17.7. The van der Waals surface area contributed by atoms with Gasteiger partial charge in [-0.1, -0.05) is 29.8 Å². The molecular weight excluding hydrogens is 312 g/mol. The zero-order chi connectivity index (χ0) is 18.1. The predicted molar refractivity (Wildman–Crippen MR) is 100 cm³/mol. The van der Waals surface area contributed by atoms with Crippen LogP contribution in [0.3, 0.4) is 0 Å². The molecule has 0 spiro atoms. The highest BCUT2D eigenvalue weighted by Crippen LogP contribution is 2.22. The lowest BCUT2D eigenvalue weighted by atomic mass is 10.1. The molecule has 0 bridgehead atoms. The van der Waals surface area contributed by atoms with Crippen LogP contribution in [0.1, 0.15) is 46.7 Å². The summed E-state index contributed by atoms with van der Waals surface area (Å²) in [7, 11) is 0. The van der Waals surface area contributed by atoms with E-state index in [4.69, 9.17) is 4.74 Å². The van der Waals surface area contributed by atoms with Crippen molar-refractivity contribution in [3.05, 3.63) is 58.4 Å². The second kappa shape index (κ2) is 7.04. The van der Waals surface area contributed by atoms with Crippen LogP contribution in [-0.4, -0.2) is 40.7 Å². The number of carbonyl (C=O) groups is 1. The Balaban J connectivity index is 1.92. The molecule has 0 radical (unpaired) electrons. The van der Waals surface area contributed by atoms with Gasteiger partial charge >= 0.3 is 0 Å². The molecule has 1 saturated heterocycles. The first-order valence-corrected chi connectivity index (χ1v) is 9.02. The highest BCUT2D eigenvalue weighted by atomic mass is 16.5. The van der Waals surface area contributed by atoms with Crippen LogP contribution < -0.4 is 0 Å². The Kier molecular flexibility index (Phi) is 5.00. The van der Waals surface area contributed by atoms with E-state index in [2.05, 4.69) is 48.7 Å². The van der Waals surface area contributed by atoms with E-state index < -0.39 is 0 Å². The van der Waals surface area contributed by atoms with Gasteiger partial charge in [0.1, 0.15) is 5.69 Å². The molecule has 25 heavy (non-hydrogen) atoms. The van der Waals surface area contributed by atoms with Crippen molar-refractivity contribution in [2.24, 2.45) is 0 Å². The van der Waals surface area contributed by atoms with E-state index in [0.717, 1.165) is 23.5 Å². The largest absolute Gasteiger partial charge is 0.372 e. The quantitative estimate of drug-likeness (QED) is 0.854. The van der Waals surface area contributed by atoms with Crippen molar-refractivity contribution >= 4 is 5.91 Å². The van der Waals surface area contributed by atoms with Crippen LogP contribution in [-0.2, 0) is 11.3 Å².